The molecule has 0 aromatic heterocycles. The highest BCUT2D eigenvalue weighted by molar-refractivity contribution is 6.27. The number of hydrazine groups is 2. The lowest BCUT2D eigenvalue weighted by Gasteiger charge is -2.00. The second kappa shape index (κ2) is 13.1. The maximum Gasteiger partial charge on any atom is 0.414 e. The monoisotopic (exact) mass is 406 g/mol. The summed E-state index contributed by atoms with van der Waals surface area (Å²) >= 11 is 0. The average molecular weight is 406 g/mol. The zero-order valence-electron chi connectivity index (χ0n) is 15.1. The molecule has 0 aliphatic carbocycles. The quantitative estimate of drug-likeness (QED) is 0.228. The lowest BCUT2D eigenvalue weighted by atomic mass is 10.1. The molecule has 2 aromatic rings. The Morgan fingerprint density at radius 2 is 1.03 bits per heavy atom. The van der Waals surface area contributed by atoms with Crippen molar-refractivity contribution in [1.82, 2.24) is 0 Å². The first-order chi connectivity index (χ1) is 14.3. The molecule has 8 N–H and O–H groups in total. The number of carboxylic acid groups (broad SMARTS) is 2. The van der Waals surface area contributed by atoms with Crippen molar-refractivity contribution >= 4 is 23.3 Å². The number of nitrogens with zero attached hydrogens (tertiary/aromatic N) is 4. The van der Waals surface area contributed by atoms with Gasteiger partial charge in [0.25, 0.3) is 0 Å². The molecule has 0 atom stereocenters. The highest BCUT2D eigenvalue weighted by Crippen LogP contribution is 2.15. The van der Waals surface area contributed by atoms with E-state index in [1.807, 2.05) is 24.3 Å². The minimum atomic E-state index is -1.82. The number of benzene rings is 2. The zero-order chi connectivity index (χ0) is 23.1. The molecule has 150 valence electrons. The van der Waals surface area contributed by atoms with Crippen LogP contribution in [0, 0.1) is 45.3 Å². The number of nitrogens with two attached hydrogens (primary N) is 2. The molecule has 30 heavy (non-hydrogen) atoms. The van der Waals surface area contributed by atoms with Crippen molar-refractivity contribution in [1.29, 1.82) is 21.0 Å². The molecular weight excluding hydrogens is 392 g/mol. The smallest absolute Gasteiger partial charge is 0.414 e. The Hall–Kier alpha value is -5.14. The van der Waals surface area contributed by atoms with Gasteiger partial charge >= 0.3 is 11.9 Å². The van der Waals surface area contributed by atoms with Crippen LogP contribution in [0.4, 0.5) is 11.4 Å². The van der Waals surface area contributed by atoms with E-state index < -0.39 is 11.9 Å². The molecule has 0 saturated carbocycles. The molecule has 0 saturated heterocycles. The summed E-state index contributed by atoms with van der Waals surface area (Å²) in [6.45, 7) is 0. The van der Waals surface area contributed by atoms with Crippen molar-refractivity contribution in [3.63, 3.8) is 0 Å². The minimum Gasteiger partial charge on any atom is -0.473 e. The van der Waals surface area contributed by atoms with E-state index in [0.29, 0.717) is 33.6 Å². The zero-order valence-corrected chi connectivity index (χ0v) is 15.1. The van der Waals surface area contributed by atoms with E-state index in [9.17, 15) is 0 Å². The molecule has 0 spiro atoms. The first kappa shape index (κ1) is 24.9. The van der Waals surface area contributed by atoms with E-state index >= 15 is 0 Å². The molecular formula is C18H14N8O4. The van der Waals surface area contributed by atoms with Crippen LogP contribution in [0.25, 0.3) is 0 Å². The maximum atomic E-state index is 9.10. The standard InChI is InChI=1S/2C8H6N4.C2H2O4/c2*9-4-6-1-2-8(12-11)7(3-6)5-10;3-1(4)2(5)6/h2*1-3,12H,11H2;(H,3,4)(H,5,6). The van der Waals surface area contributed by atoms with Gasteiger partial charge in [-0.05, 0) is 36.4 Å². The van der Waals surface area contributed by atoms with E-state index in [1.54, 1.807) is 24.3 Å². The number of anilines is 2. The summed E-state index contributed by atoms with van der Waals surface area (Å²) < 4.78 is 0. The number of hydrogen-bond acceptors (Lipinski definition) is 10. The predicted octanol–water partition coefficient (Wildman–Crippen LogP) is 0.587. The fraction of sp³-hybridized carbons (Fsp3) is 0. The van der Waals surface area contributed by atoms with E-state index in [4.69, 9.17) is 52.5 Å². The van der Waals surface area contributed by atoms with Gasteiger partial charge in [0.05, 0.1) is 45.8 Å². The van der Waals surface area contributed by atoms with Gasteiger partial charge in [-0.1, -0.05) is 0 Å². The second-order valence-corrected chi connectivity index (χ2v) is 4.87. The van der Waals surface area contributed by atoms with Crippen molar-refractivity contribution in [3.05, 3.63) is 58.7 Å². The summed E-state index contributed by atoms with van der Waals surface area (Å²) in [5.41, 5.74) is 7.42. The van der Waals surface area contributed by atoms with Gasteiger partial charge in [0.15, 0.2) is 0 Å². The van der Waals surface area contributed by atoms with Crippen LogP contribution in [0.15, 0.2) is 36.4 Å². The van der Waals surface area contributed by atoms with Crippen LogP contribution >= 0.6 is 0 Å². The number of carbonyl (C=O) groups is 2. The number of aliphatic carboxylic acids is 2. The van der Waals surface area contributed by atoms with Crippen LogP contribution in [0.3, 0.4) is 0 Å². The molecule has 12 heteroatoms. The van der Waals surface area contributed by atoms with Crippen LogP contribution in [0.1, 0.15) is 22.3 Å². The Kier molecular flexibility index (Phi) is 10.8. The van der Waals surface area contributed by atoms with Gasteiger partial charge in [-0.15, -0.1) is 0 Å². The summed E-state index contributed by atoms with van der Waals surface area (Å²) in [6.07, 6.45) is 0. The predicted molar refractivity (Wildman–Crippen MR) is 103 cm³/mol. The molecule has 0 amide bonds. The van der Waals surface area contributed by atoms with Crippen molar-refractivity contribution in [2.24, 2.45) is 11.7 Å². The van der Waals surface area contributed by atoms with Crippen LogP contribution < -0.4 is 22.5 Å². The van der Waals surface area contributed by atoms with Gasteiger partial charge in [-0.2, -0.15) is 21.0 Å². The van der Waals surface area contributed by atoms with Gasteiger partial charge in [-0.25, -0.2) is 9.59 Å². The summed E-state index contributed by atoms with van der Waals surface area (Å²) in [5, 5.41) is 49.0. The lowest BCUT2D eigenvalue weighted by molar-refractivity contribution is -0.159. The number of nitriles is 4. The Labute approximate surface area is 170 Å². The highest BCUT2D eigenvalue weighted by atomic mass is 16.4. The largest absolute Gasteiger partial charge is 0.473 e. The summed E-state index contributed by atoms with van der Waals surface area (Å²) in [7, 11) is 0. The molecule has 2 rings (SSSR count). The van der Waals surface area contributed by atoms with Gasteiger partial charge in [-0.3, -0.25) is 11.7 Å². The lowest BCUT2D eigenvalue weighted by Crippen LogP contribution is -2.09. The average Bonchev–Trinajstić information content (AvgIpc) is 2.78. The van der Waals surface area contributed by atoms with Gasteiger partial charge in [0.1, 0.15) is 12.1 Å². The van der Waals surface area contributed by atoms with Gasteiger partial charge < -0.3 is 21.1 Å². The van der Waals surface area contributed by atoms with Crippen molar-refractivity contribution < 1.29 is 19.8 Å². The van der Waals surface area contributed by atoms with E-state index in [2.05, 4.69) is 10.9 Å². The molecule has 2 aromatic carbocycles. The summed E-state index contributed by atoms with van der Waals surface area (Å²) in [4.78, 5) is 18.2. The Morgan fingerprint density at radius 1 is 0.700 bits per heavy atom. The van der Waals surface area contributed by atoms with Crippen LogP contribution in [0.5, 0.6) is 0 Å². The fourth-order valence-electron chi connectivity index (χ4n) is 1.66. The molecule has 0 radical (unpaired) electrons. The fourth-order valence-corrected chi connectivity index (χ4v) is 1.66. The Balaban J connectivity index is 0.000000447. The molecule has 0 heterocycles. The molecule has 0 unspecified atom stereocenters. The summed E-state index contributed by atoms with van der Waals surface area (Å²) in [5.74, 6) is 6.62. The molecule has 0 aliphatic heterocycles. The van der Waals surface area contributed by atoms with E-state index in [0.717, 1.165) is 0 Å². The number of nitrogens with one attached hydrogen (secondary N) is 2. The van der Waals surface area contributed by atoms with Crippen molar-refractivity contribution in [2.45, 2.75) is 0 Å². The van der Waals surface area contributed by atoms with Crippen LogP contribution in [0.2, 0.25) is 0 Å². The van der Waals surface area contributed by atoms with Crippen molar-refractivity contribution in [2.75, 3.05) is 10.9 Å². The SMILES string of the molecule is N#Cc1ccc(NN)c(C#N)c1.N#Cc1ccc(NN)c(C#N)c1.O=C(O)C(=O)O. The van der Waals surface area contributed by atoms with E-state index in [-0.39, 0.29) is 0 Å². The van der Waals surface area contributed by atoms with E-state index in [1.165, 1.54) is 12.1 Å². The molecule has 0 bridgehead atoms. The van der Waals surface area contributed by atoms with Crippen molar-refractivity contribution in [3.8, 4) is 24.3 Å². The number of nitrogen functional groups attached to an aromatic ring is 2. The third kappa shape index (κ3) is 8.04. The summed E-state index contributed by atoms with van der Waals surface area (Å²) in [6, 6.07) is 17.1. The van der Waals surface area contributed by atoms with Gasteiger partial charge in [0, 0.05) is 0 Å². The topological polar surface area (TPSA) is 246 Å². The number of carboxylic acids is 2. The molecule has 12 nitrogen and oxygen atoms in total. The Morgan fingerprint density at radius 3 is 1.23 bits per heavy atom. The second-order valence-electron chi connectivity index (χ2n) is 4.87. The van der Waals surface area contributed by atoms with Gasteiger partial charge in [0.2, 0.25) is 0 Å². The molecule has 0 aliphatic rings. The first-order valence-corrected chi connectivity index (χ1v) is 7.55. The number of hydrogen-bond donors (Lipinski definition) is 6. The Bertz CT molecular complexity index is 1000. The first-order valence-electron chi connectivity index (χ1n) is 7.55. The third-order valence-electron chi connectivity index (χ3n) is 3.03. The normalized spacial score (nSPS) is 8.07. The molecule has 0 fully saturated rings. The third-order valence-corrected chi connectivity index (χ3v) is 3.03. The van der Waals surface area contributed by atoms with Crippen LogP contribution in [-0.2, 0) is 9.59 Å². The highest BCUT2D eigenvalue weighted by Gasteiger charge is 2.04. The maximum absolute atomic E-state index is 9.10. The minimum absolute atomic E-state index is 0.372. The van der Waals surface area contributed by atoms with Crippen LogP contribution in [-0.4, -0.2) is 22.2 Å². The number of rotatable bonds is 2.